The predicted octanol–water partition coefficient (Wildman–Crippen LogP) is 4.01. The van der Waals surface area contributed by atoms with Crippen molar-refractivity contribution in [2.75, 3.05) is 39.8 Å². The van der Waals surface area contributed by atoms with Gasteiger partial charge in [0.1, 0.15) is 5.75 Å². The number of likely N-dealkylation sites (tertiary alicyclic amines) is 2. The van der Waals surface area contributed by atoms with Crippen molar-refractivity contribution in [3.8, 4) is 5.75 Å². The fourth-order valence-corrected chi connectivity index (χ4v) is 4.66. The summed E-state index contributed by atoms with van der Waals surface area (Å²) < 4.78 is 5.48. The van der Waals surface area contributed by atoms with Crippen LogP contribution in [0.4, 0.5) is 0 Å². The van der Waals surface area contributed by atoms with Crippen LogP contribution in [0.3, 0.4) is 0 Å². The van der Waals surface area contributed by atoms with Gasteiger partial charge < -0.3 is 9.64 Å². The fraction of sp³-hybridized carbons (Fsp3) is 0.478. The Hall–Kier alpha value is -1.84. The van der Waals surface area contributed by atoms with Crippen LogP contribution in [0.15, 0.2) is 54.6 Å². The number of hydrogen-bond acceptors (Lipinski definition) is 3. The standard InChI is InChI=1S/C23H30N2O/c1-26-22-11-7-10-20(14-22)23-18-25(15-19-8-3-2-4-9-19)17-21(23)16-24-12-5-6-13-24/h2-4,7-11,14,21,23H,5-6,12-13,15-18H2,1H3. The van der Waals surface area contributed by atoms with Gasteiger partial charge in [-0.2, -0.15) is 0 Å². The van der Waals surface area contributed by atoms with Gasteiger partial charge in [-0.25, -0.2) is 0 Å². The molecule has 2 aliphatic heterocycles. The molecule has 2 unspecified atom stereocenters. The molecule has 2 aromatic carbocycles. The van der Waals surface area contributed by atoms with Gasteiger partial charge in [0.2, 0.25) is 0 Å². The molecule has 4 rings (SSSR count). The van der Waals surface area contributed by atoms with Gasteiger partial charge in [-0.15, -0.1) is 0 Å². The van der Waals surface area contributed by atoms with Crippen LogP contribution in [-0.4, -0.2) is 49.6 Å². The van der Waals surface area contributed by atoms with Gasteiger partial charge >= 0.3 is 0 Å². The van der Waals surface area contributed by atoms with Gasteiger partial charge in [0.15, 0.2) is 0 Å². The number of hydrogen-bond donors (Lipinski definition) is 0. The molecule has 138 valence electrons. The first-order valence-electron chi connectivity index (χ1n) is 9.94. The van der Waals surface area contributed by atoms with Crippen molar-refractivity contribution < 1.29 is 4.74 Å². The van der Waals surface area contributed by atoms with E-state index in [4.69, 9.17) is 4.74 Å². The SMILES string of the molecule is COc1cccc(C2CN(Cc3ccccc3)CC2CN2CCCC2)c1. The van der Waals surface area contributed by atoms with Crippen molar-refractivity contribution in [2.45, 2.75) is 25.3 Å². The minimum absolute atomic E-state index is 0.592. The van der Waals surface area contributed by atoms with E-state index in [1.807, 2.05) is 0 Å². The Bertz CT molecular complexity index is 696. The maximum absolute atomic E-state index is 5.48. The lowest BCUT2D eigenvalue weighted by Gasteiger charge is -2.24. The number of nitrogens with zero attached hydrogens (tertiary/aromatic N) is 2. The van der Waals surface area contributed by atoms with Crippen molar-refractivity contribution in [3.63, 3.8) is 0 Å². The fourth-order valence-electron chi connectivity index (χ4n) is 4.66. The largest absolute Gasteiger partial charge is 0.497 e. The highest BCUT2D eigenvalue weighted by atomic mass is 16.5. The third kappa shape index (κ3) is 4.11. The zero-order valence-electron chi connectivity index (χ0n) is 15.8. The first-order valence-corrected chi connectivity index (χ1v) is 9.94. The summed E-state index contributed by atoms with van der Waals surface area (Å²) in [6.45, 7) is 7.17. The maximum atomic E-state index is 5.48. The highest BCUT2D eigenvalue weighted by molar-refractivity contribution is 5.32. The molecule has 0 bridgehead atoms. The second-order valence-corrected chi connectivity index (χ2v) is 7.83. The van der Waals surface area contributed by atoms with Crippen LogP contribution in [0.25, 0.3) is 0 Å². The molecule has 0 aromatic heterocycles. The van der Waals surface area contributed by atoms with E-state index < -0.39 is 0 Å². The summed E-state index contributed by atoms with van der Waals surface area (Å²) in [5, 5.41) is 0. The molecule has 2 heterocycles. The Kier molecular flexibility index (Phi) is 5.57. The second kappa shape index (κ2) is 8.24. The van der Waals surface area contributed by atoms with Crippen LogP contribution in [-0.2, 0) is 6.54 Å². The second-order valence-electron chi connectivity index (χ2n) is 7.83. The number of rotatable bonds is 6. The summed E-state index contributed by atoms with van der Waals surface area (Å²) in [6.07, 6.45) is 2.73. The Morgan fingerprint density at radius 1 is 0.923 bits per heavy atom. The average molecular weight is 351 g/mol. The van der Waals surface area contributed by atoms with Crippen molar-refractivity contribution in [1.29, 1.82) is 0 Å². The zero-order valence-corrected chi connectivity index (χ0v) is 15.8. The summed E-state index contributed by atoms with van der Waals surface area (Å²) in [5.74, 6) is 2.27. The molecule has 3 nitrogen and oxygen atoms in total. The van der Waals surface area contributed by atoms with Gasteiger partial charge in [0.05, 0.1) is 7.11 Å². The molecule has 2 aromatic rings. The van der Waals surface area contributed by atoms with Crippen molar-refractivity contribution >= 4 is 0 Å². The first kappa shape index (κ1) is 17.6. The zero-order chi connectivity index (χ0) is 17.8. The summed E-state index contributed by atoms with van der Waals surface area (Å²) in [6, 6.07) is 19.6. The van der Waals surface area contributed by atoms with E-state index in [1.165, 1.54) is 50.1 Å². The monoisotopic (exact) mass is 350 g/mol. The first-order chi connectivity index (χ1) is 12.8. The van der Waals surface area contributed by atoms with Crippen LogP contribution in [0.2, 0.25) is 0 Å². The van der Waals surface area contributed by atoms with Crippen LogP contribution in [0, 0.1) is 5.92 Å². The Morgan fingerprint density at radius 3 is 2.50 bits per heavy atom. The molecule has 2 fully saturated rings. The Labute approximate surface area is 157 Å². The molecule has 0 saturated carbocycles. The van der Waals surface area contributed by atoms with Gasteiger partial charge in [0, 0.05) is 32.1 Å². The molecule has 2 atom stereocenters. The number of ether oxygens (including phenoxy) is 1. The summed E-state index contributed by atoms with van der Waals surface area (Å²) in [5.41, 5.74) is 2.85. The molecule has 2 aliphatic rings. The van der Waals surface area contributed by atoms with Crippen LogP contribution in [0.5, 0.6) is 5.75 Å². The average Bonchev–Trinajstić information content (AvgIpc) is 3.33. The molecule has 2 saturated heterocycles. The molecule has 0 spiro atoms. The molecular formula is C23H30N2O. The summed E-state index contributed by atoms with van der Waals surface area (Å²) in [4.78, 5) is 5.31. The number of methoxy groups -OCH3 is 1. The van der Waals surface area contributed by atoms with E-state index in [9.17, 15) is 0 Å². The van der Waals surface area contributed by atoms with E-state index in [2.05, 4.69) is 64.4 Å². The lowest BCUT2D eigenvalue weighted by atomic mass is 9.88. The Morgan fingerprint density at radius 2 is 1.73 bits per heavy atom. The van der Waals surface area contributed by atoms with Gasteiger partial charge in [0.25, 0.3) is 0 Å². The predicted molar refractivity (Wildman–Crippen MR) is 107 cm³/mol. The molecule has 26 heavy (non-hydrogen) atoms. The van der Waals surface area contributed by atoms with E-state index in [0.717, 1.165) is 18.8 Å². The molecule has 3 heteroatoms. The van der Waals surface area contributed by atoms with Crippen molar-refractivity contribution in [1.82, 2.24) is 9.80 Å². The van der Waals surface area contributed by atoms with Crippen LogP contribution in [0.1, 0.15) is 29.9 Å². The topological polar surface area (TPSA) is 15.7 Å². The van der Waals surface area contributed by atoms with Gasteiger partial charge in [-0.05, 0) is 55.1 Å². The molecule has 0 amide bonds. The van der Waals surface area contributed by atoms with Gasteiger partial charge in [-0.3, -0.25) is 4.90 Å². The van der Waals surface area contributed by atoms with Crippen molar-refractivity contribution in [2.24, 2.45) is 5.92 Å². The van der Waals surface area contributed by atoms with Gasteiger partial charge in [-0.1, -0.05) is 42.5 Å². The quantitative estimate of drug-likeness (QED) is 0.783. The smallest absolute Gasteiger partial charge is 0.119 e. The normalized spacial score (nSPS) is 24.2. The maximum Gasteiger partial charge on any atom is 0.119 e. The minimum Gasteiger partial charge on any atom is -0.497 e. The molecule has 0 radical (unpaired) electrons. The molecule has 0 N–H and O–H groups in total. The lowest BCUT2D eigenvalue weighted by Crippen LogP contribution is -2.30. The summed E-state index contributed by atoms with van der Waals surface area (Å²) >= 11 is 0. The van der Waals surface area contributed by atoms with E-state index in [1.54, 1.807) is 7.11 Å². The van der Waals surface area contributed by atoms with Crippen LogP contribution < -0.4 is 4.74 Å². The third-order valence-electron chi connectivity index (χ3n) is 5.98. The van der Waals surface area contributed by atoms with E-state index in [0.29, 0.717) is 11.8 Å². The highest BCUT2D eigenvalue weighted by Crippen LogP contribution is 2.35. The van der Waals surface area contributed by atoms with E-state index >= 15 is 0 Å². The minimum atomic E-state index is 0.592. The third-order valence-corrected chi connectivity index (χ3v) is 5.98. The van der Waals surface area contributed by atoms with Crippen molar-refractivity contribution in [3.05, 3.63) is 65.7 Å². The Balaban J connectivity index is 1.51. The van der Waals surface area contributed by atoms with Crippen LogP contribution >= 0.6 is 0 Å². The van der Waals surface area contributed by atoms with E-state index in [-0.39, 0.29) is 0 Å². The highest BCUT2D eigenvalue weighted by Gasteiger charge is 2.35. The molecular weight excluding hydrogens is 320 g/mol. The summed E-state index contributed by atoms with van der Waals surface area (Å²) in [7, 11) is 1.76. The lowest BCUT2D eigenvalue weighted by molar-refractivity contribution is 0.257. The molecule has 0 aliphatic carbocycles. The number of benzene rings is 2.